The van der Waals surface area contributed by atoms with Crippen molar-refractivity contribution >= 4 is 28.5 Å². The van der Waals surface area contributed by atoms with Crippen LogP contribution in [0.2, 0.25) is 5.02 Å². The molecule has 1 amide bonds. The number of aliphatic hydroxyl groups is 1. The first-order valence-corrected chi connectivity index (χ1v) is 14.1. The van der Waals surface area contributed by atoms with Gasteiger partial charge in [-0.25, -0.2) is 9.37 Å². The van der Waals surface area contributed by atoms with Crippen molar-refractivity contribution in [3.05, 3.63) is 80.5 Å². The highest BCUT2D eigenvalue weighted by atomic mass is 35.5. The summed E-state index contributed by atoms with van der Waals surface area (Å²) >= 11 is 6.04. The molecule has 0 bridgehead atoms. The van der Waals surface area contributed by atoms with Gasteiger partial charge in [-0.15, -0.1) is 0 Å². The number of likely N-dealkylation sites (tertiary alicyclic amines) is 1. The van der Waals surface area contributed by atoms with E-state index in [0.29, 0.717) is 47.4 Å². The number of amides is 1. The maximum absolute atomic E-state index is 13.5. The number of aliphatic hydroxyl groups excluding tert-OH is 1. The third-order valence-corrected chi connectivity index (χ3v) is 8.34. The zero-order valence-electron chi connectivity index (χ0n) is 22.6. The number of piperidine rings is 1. The summed E-state index contributed by atoms with van der Waals surface area (Å²) in [5, 5.41) is 10.8. The topological polar surface area (TPSA) is 115 Å². The zero-order valence-corrected chi connectivity index (χ0v) is 23.4. The Morgan fingerprint density at radius 3 is 2.80 bits per heavy atom. The molecule has 4 heterocycles. The first-order chi connectivity index (χ1) is 19.8. The average molecular weight is 580 g/mol. The van der Waals surface area contributed by atoms with Gasteiger partial charge in [0, 0.05) is 30.4 Å². The molecule has 2 aliphatic heterocycles. The van der Waals surface area contributed by atoms with E-state index in [-0.39, 0.29) is 34.9 Å². The second-order valence-electron chi connectivity index (χ2n) is 10.9. The molecule has 2 aliphatic rings. The molecule has 1 fully saturated rings. The molecule has 4 aromatic rings. The fourth-order valence-electron chi connectivity index (χ4n) is 5.73. The molecular weight excluding hydrogens is 549 g/mol. The van der Waals surface area contributed by atoms with E-state index in [4.69, 9.17) is 21.3 Å². The predicted molar refractivity (Wildman–Crippen MR) is 154 cm³/mol. The summed E-state index contributed by atoms with van der Waals surface area (Å²) in [6, 6.07) is 9.59. The normalized spacial score (nSPS) is 16.9. The molecule has 0 unspecified atom stereocenters. The molecule has 3 N–H and O–H groups in total. The first-order valence-electron chi connectivity index (χ1n) is 13.8. The van der Waals surface area contributed by atoms with E-state index in [1.54, 1.807) is 12.3 Å². The van der Waals surface area contributed by atoms with Crippen molar-refractivity contribution in [2.24, 2.45) is 0 Å². The van der Waals surface area contributed by atoms with Crippen LogP contribution in [0.4, 0.5) is 4.39 Å². The van der Waals surface area contributed by atoms with Gasteiger partial charge in [-0.3, -0.25) is 9.59 Å². The van der Waals surface area contributed by atoms with Gasteiger partial charge in [0.05, 0.1) is 27.7 Å². The summed E-state index contributed by atoms with van der Waals surface area (Å²) in [7, 11) is 2.11. The lowest BCUT2D eigenvalue weighted by atomic mass is 10.0. The standard InChI is InChI=1S/C30H31ClFN5O4/c1-36-10-7-20(8-11-36)37-15-18-12-24-25(14-22(18)30(37)40)35-28(34-24)27-17(6-9-33-29(27)39)2-4-21(38)16-41-26-13-19(32)3-5-23(26)31/h3,5-6,9,12-14,20-21,38H,2,4,7-8,10-11,15-16H2,1H3,(H,33,39)(H,34,35)/t21-/m1/s1. The Bertz CT molecular complexity index is 1660. The van der Waals surface area contributed by atoms with Crippen LogP contribution in [0.1, 0.15) is 40.7 Å². The van der Waals surface area contributed by atoms with Crippen LogP contribution in [0, 0.1) is 5.82 Å². The van der Waals surface area contributed by atoms with Crippen LogP contribution in [-0.2, 0) is 13.0 Å². The van der Waals surface area contributed by atoms with E-state index >= 15 is 0 Å². The number of hydrogen-bond acceptors (Lipinski definition) is 6. The van der Waals surface area contributed by atoms with Gasteiger partial charge in [0.25, 0.3) is 11.5 Å². The van der Waals surface area contributed by atoms with Gasteiger partial charge in [0.2, 0.25) is 0 Å². The Hall–Kier alpha value is -3.73. The van der Waals surface area contributed by atoms with Gasteiger partial charge in [0.1, 0.15) is 24.0 Å². The number of hydrogen-bond donors (Lipinski definition) is 3. The highest BCUT2D eigenvalue weighted by Gasteiger charge is 2.34. The Labute approximate surface area is 240 Å². The van der Waals surface area contributed by atoms with Crippen molar-refractivity contribution in [3.8, 4) is 17.1 Å². The molecule has 0 radical (unpaired) electrons. The van der Waals surface area contributed by atoms with E-state index in [1.165, 1.54) is 18.2 Å². The number of aromatic amines is 2. The minimum absolute atomic E-state index is 0.0370. The van der Waals surface area contributed by atoms with Crippen molar-refractivity contribution in [2.75, 3.05) is 26.7 Å². The van der Waals surface area contributed by atoms with Gasteiger partial charge in [-0.05, 0) is 87.3 Å². The Morgan fingerprint density at radius 2 is 2.00 bits per heavy atom. The van der Waals surface area contributed by atoms with Crippen molar-refractivity contribution in [1.82, 2.24) is 24.8 Å². The van der Waals surface area contributed by atoms with E-state index in [0.717, 1.165) is 37.0 Å². The molecule has 1 saturated heterocycles. The second kappa shape index (κ2) is 11.3. The third kappa shape index (κ3) is 5.59. The minimum atomic E-state index is -0.876. The van der Waals surface area contributed by atoms with Crippen LogP contribution in [0.3, 0.4) is 0 Å². The van der Waals surface area contributed by atoms with E-state index in [9.17, 15) is 19.1 Å². The molecule has 0 spiro atoms. The number of pyridine rings is 1. The van der Waals surface area contributed by atoms with Crippen LogP contribution < -0.4 is 10.3 Å². The predicted octanol–water partition coefficient (Wildman–Crippen LogP) is 4.13. The first kappa shape index (κ1) is 27.4. The number of halogens is 2. The molecule has 41 heavy (non-hydrogen) atoms. The maximum atomic E-state index is 13.5. The fraction of sp³-hybridized carbons (Fsp3) is 0.367. The molecule has 11 heteroatoms. The van der Waals surface area contributed by atoms with Gasteiger partial charge in [-0.1, -0.05) is 11.6 Å². The van der Waals surface area contributed by atoms with Crippen molar-refractivity contribution in [2.45, 2.75) is 44.4 Å². The third-order valence-electron chi connectivity index (χ3n) is 8.02. The summed E-state index contributed by atoms with van der Waals surface area (Å²) in [5.74, 6) is 0.110. The number of rotatable bonds is 8. The smallest absolute Gasteiger partial charge is 0.259 e. The number of aryl methyl sites for hydroxylation is 1. The average Bonchev–Trinajstić information content (AvgIpc) is 3.51. The minimum Gasteiger partial charge on any atom is -0.489 e. The molecule has 1 atom stereocenters. The molecule has 2 aromatic carbocycles. The lowest BCUT2D eigenvalue weighted by Crippen LogP contribution is -2.43. The van der Waals surface area contributed by atoms with E-state index in [2.05, 4.69) is 21.9 Å². The maximum Gasteiger partial charge on any atom is 0.259 e. The number of imidazole rings is 1. The number of nitrogens with one attached hydrogen (secondary N) is 2. The second-order valence-corrected chi connectivity index (χ2v) is 11.3. The van der Waals surface area contributed by atoms with Crippen molar-refractivity contribution < 1.29 is 19.0 Å². The molecule has 2 aromatic heterocycles. The molecule has 6 rings (SSSR count). The van der Waals surface area contributed by atoms with Crippen LogP contribution in [-0.4, -0.2) is 74.7 Å². The number of aromatic nitrogens is 3. The summed E-state index contributed by atoms with van der Waals surface area (Å²) in [5.41, 5.74) is 3.77. The highest BCUT2D eigenvalue weighted by molar-refractivity contribution is 6.32. The monoisotopic (exact) mass is 579 g/mol. The number of carbonyl (C=O) groups is 1. The van der Waals surface area contributed by atoms with Crippen molar-refractivity contribution in [1.29, 1.82) is 0 Å². The van der Waals surface area contributed by atoms with Gasteiger partial charge < -0.3 is 29.6 Å². The zero-order chi connectivity index (χ0) is 28.7. The Morgan fingerprint density at radius 1 is 1.20 bits per heavy atom. The van der Waals surface area contributed by atoms with Gasteiger partial charge >= 0.3 is 0 Å². The number of nitrogens with zero attached hydrogens (tertiary/aromatic N) is 3. The Kier molecular flexibility index (Phi) is 7.54. The number of carbonyl (C=O) groups excluding carboxylic acids is 1. The summed E-state index contributed by atoms with van der Waals surface area (Å²) in [6.45, 7) is 2.46. The van der Waals surface area contributed by atoms with Gasteiger partial charge in [-0.2, -0.15) is 0 Å². The molecule has 214 valence electrons. The fourth-order valence-corrected chi connectivity index (χ4v) is 5.90. The lowest BCUT2D eigenvalue weighted by molar-refractivity contribution is 0.0617. The highest BCUT2D eigenvalue weighted by Crippen LogP contribution is 2.32. The summed E-state index contributed by atoms with van der Waals surface area (Å²) in [4.78, 5) is 41.2. The van der Waals surface area contributed by atoms with Crippen LogP contribution in [0.25, 0.3) is 22.4 Å². The largest absolute Gasteiger partial charge is 0.489 e. The number of fused-ring (bicyclic) bond motifs is 2. The summed E-state index contributed by atoms with van der Waals surface area (Å²) in [6.07, 6.45) is 3.28. The molecule has 0 saturated carbocycles. The molecule has 0 aliphatic carbocycles. The Balaban J connectivity index is 1.18. The van der Waals surface area contributed by atoms with Crippen molar-refractivity contribution in [3.63, 3.8) is 0 Å². The van der Waals surface area contributed by atoms with E-state index in [1.807, 2.05) is 17.0 Å². The van der Waals surface area contributed by atoms with Crippen LogP contribution in [0.5, 0.6) is 5.75 Å². The molecular formula is C30H31ClFN5O4. The number of benzene rings is 2. The van der Waals surface area contributed by atoms with E-state index < -0.39 is 11.9 Å². The van der Waals surface area contributed by atoms with Gasteiger partial charge in [0.15, 0.2) is 0 Å². The molecule has 9 nitrogen and oxygen atoms in total. The SMILES string of the molecule is CN1CCC(N2Cc3cc4[nH]c(-c5c(CC[C@@H](O)COc6cc(F)ccc6Cl)cc[nH]c5=O)nc4cc3C2=O)CC1. The quantitative estimate of drug-likeness (QED) is 0.289. The summed E-state index contributed by atoms with van der Waals surface area (Å²) < 4.78 is 19.0. The number of H-pyrrole nitrogens is 2. The lowest BCUT2D eigenvalue weighted by Gasteiger charge is -2.34. The van der Waals surface area contributed by atoms with Crippen LogP contribution in [0.15, 0.2) is 47.4 Å². The number of ether oxygens (including phenoxy) is 1. The van der Waals surface area contributed by atoms with Crippen LogP contribution >= 0.6 is 11.6 Å².